The minimum atomic E-state index is -0.122. The molecule has 0 aliphatic heterocycles. The number of ether oxygens (including phenoxy) is 1. The van der Waals surface area contributed by atoms with Gasteiger partial charge in [-0.3, -0.25) is 10.1 Å². The Bertz CT molecular complexity index is 392. The third-order valence-corrected chi connectivity index (χ3v) is 3.35. The highest BCUT2D eigenvalue weighted by Gasteiger charge is 2.19. The number of hydrogen-bond donors (Lipinski definition) is 2. The van der Waals surface area contributed by atoms with Crippen molar-refractivity contribution in [3.8, 4) is 0 Å². The lowest BCUT2D eigenvalue weighted by Gasteiger charge is -2.12. The number of hydrogen-bond acceptors (Lipinski definition) is 6. The molecule has 1 rings (SSSR count). The van der Waals surface area contributed by atoms with Crippen LogP contribution in [0.4, 0.5) is 5.13 Å². The van der Waals surface area contributed by atoms with Crippen molar-refractivity contribution in [2.45, 2.75) is 26.2 Å². The second kappa shape index (κ2) is 8.42. The van der Waals surface area contributed by atoms with Crippen LogP contribution in [-0.2, 0) is 14.9 Å². The van der Waals surface area contributed by atoms with E-state index in [1.165, 1.54) is 11.3 Å². The maximum Gasteiger partial charge on any atom is 0.240 e. The molecule has 110 valence electrons. The van der Waals surface area contributed by atoms with Crippen LogP contribution in [-0.4, -0.2) is 42.9 Å². The van der Waals surface area contributed by atoms with Crippen LogP contribution in [0.5, 0.6) is 0 Å². The van der Waals surface area contributed by atoms with Crippen molar-refractivity contribution in [1.82, 2.24) is 15.5 Å². The summed E-state index contributed by atoms with van der Waals surface area (Å²) in [6.07, 6.45) is 0. The Kier molecular flexibility index (Phi) is 8.08. The number of halogens is 1. The first-order valence-electron chi connectivity index (χ1n) is 5.77. The molecule has 2 N–H and O–H groups in total. The summed E-state index contributed by atoms with van der Waals surface area (Å²) in [5, 5.41) is 15.1. The summed E-state index contributed by atoms with van der Waals surface area (Å²) in [5.41, 5.74) is -0.0443. The fourth-order valence-electron chi connectivity index (χ4n) is 1.12. The minimum absolute atomic E-state index is 0. The molecule has 19 heavy (non-hydrogen) atoms. The Hall–Kier alpha value is -0.760. The van der Waals surface area contributed by atoms with Gasteiger partial charge in [0.1, 0.15) is 5.01 Å². The van der Waals surface area contributed by atoms with Crippen molar-refractivity contribution >= 4 is 34.8 Å². The first-order chi connectivity index (χ1) is 8.43. The zero-order valence-electron chi connectivity index (χ0n) is 11.6. The highest BCUT2D eigenvalue weighted by molar-refractivity contribution is 7.15. The van der Waals surface area contributed by atoms with Gasteiger partial charge in [-0.05, 0) is 0 Å². The monoisotopic (exact) mass is 308 g/mol. The van der Waals surface area contributed by atoms with Gasteiger partial charge in [-0.1, -0.05) is 32.1 Å². The van der Waals surface area contributed by atoms with Gasteiger partial charge in [-0.25, -0.2) is 0 Å². The number of amides is 1. The first kappa shape index (κ1) is 18.2. The quantitative estimate of drug-likeness (QED) is 0.778. The Balaban J connectivity index is 0.00000324. The molecule has 0 unspecified atom stereocenters. The molecule has 6 nitrogen and oxygen atoms in total. The van der Waals surface area contributed by atoms with E-state index in [0.717, 1.165) is 5.01 Å². The summed E-state index contributed by atoms with van der Waals surface area (Å²) in [6, 6.07) is 0. The summed E-state index contributed by atoms with van der Waals surface area (Å²) in [5.74, 6) is -0.122. The number of anilines is 1. The standard InChI is InChI=1S/C11H20N4O2S.ClH/c1-11(2,3)9-14-15-10(18-9)13-8(16)7-12-5-6-17-4;/h12H,5-7H2,1-4H3,(H,13,15,16);1H. The second-order valence-corrected chi connectivity index (χ2v) is 5.86. The summed E-state index contributed by atoms with van der Waals surface area (Å²) in [4.78, 5) is 11.6. The number of aromatic nitrogens is 2. The van der Waals surface area contributed by atoms with Gasteiger partial charge in [0, 0.05) is 19.1 Å². The number of rotatable bonds is 6. The fraction of sp³-hybridized carbons (Fsp3) is 0.727. The van der Waals surface area contributed by atoms with Crippen LogP contribution in [0.25, 0.3) is 0 Å². The van der Waals surface area contributed by atoms with Gasteiger partial charge in [0.2, 0.25) is 11.0 Å². The lowest BCUT2D eigenvalue weighted by Crippen LogP contribution is -2.30. The summed E-state index contributed by atoms with van der Waals surface area (Å²) < 4.78 is 4.87. The van der Waals surface area contributed by atoms with E-state index in [9.17, 15) is 4.79 Å². The Morgan fingerprint density at radius 1 is 1.37 bits per heavy atom. The van der Waals surface area contributed by atoms with E-state index in [-0.39, 0.29) is 30.3 Å². The zero-order valence-corrected chi connectivity index (χ0v) is 13.3. The molecule has 0 aliphatic carbocycles. The van der Waals surface area contributed by atoms with Crippen molar-refractivity contribution in [3.05, 3.63) is 5.01 Å². The van der Waals surface area contributed by atoms with E-state index in [0.29, 0.717) is 18.3 Å². The van der Waals surface area contributed by atoms with Crippen LogP contribution < -0.4 is 10.6 Å². The maximum atomic E-state index is 11.6. The molecule has 0 spiro atoms. The van der Waals surface area contributed by atoms with Gasteiger partial charge in [0.25, 0.3) is 0 Å². The molecule has 8 heteroatoms. The molecule has 1 heterocycles. The molecule has 0 fully saturated rings. The largest absolute Gasteiger partial charge is 0.383 e. The lowest BCUT2D eigenvalue weighted by atomic mass is 9.98. The molecule has 1 amide bonds. The van der Waals surface area contributed by atoms with Gasteiger partial charge in [0.15, 0.2) is 0 Å². The van der Waals surface area contributed by atoms with E-state index < -0.39 is 0 Å². The molecule has 1 aromatic heterocycles. The predicted octanol–water partition coefficient (Wildman–Crippen LogP) is 1.43. The number of carbonyl (C=O) groups excluding carboxylic acids is 1. The first-order valence-corrected chi connectivity index (χ1v) is 6.58. The van der Waals surface area contributed by atoms with Gasteiger partial charge >= 0.3 is 0 Å². The van der Waals surface area contributed by atoms with Crippen LogP contribution in [0.15, 0.2) is 0 Å². The molecule has 0 aliphatic rings. The van der Waals surface area contributed by atoms with Crippen LogP contribution in [0, 0.1) is 0 Å². The molecule has 0 radical (unpaired) electrons. The van der Waals surface area contributed by atoms with E-state index >= 15 is 0 Å². The highest BCUT2D eigenvalue weighted by atomic mass is 35.5. The third kappa shape index (κ3) is 6.81. The third-order valence-electron chi connectivity index (χ3n) is 2.08. The van der Waals surface area contributed by atoms with Gasteiger partial charge < -0.3 is 10.1 Å². The van der Waals surface area contributed by atoms with Crippen LogP contribution in [0.2, 0.25) is 0 Å². The normalized spacial score (nSPS) is 10.9. The summed E-state index contributed by atoms with van der Waals surface area (Å²) in [7, 11) is 1.62. The van der Waals surface area contributed by atoms with Crippen LogP contribution in [0.3, 0.4) is 0 Å². The van der Waals surface area contributed by atoms with E-state index in [2.05, 4.69) is 41.6 Å². The van der Waals surface area contributed by atoms with Crippen molar-refractivity contribution < 1.29 is 9.53 Å². The van der Waals surface area contributed by atoms with Crippen molar-refractivity contribution in [1.29, 1.82) is 0 Å². The molecule has 1 aromatic rings. The lowest BCUT2D eigenvalue weighted by molar-refractivity contribution is -0.115. The summed E-state index contributed by atoms with van der Waals surface area (Å²) >= 11 is 1.41. The predicted molar refractivity (Wildman–Crippen MR) is 79.2 cm³/mol. The SMILES string of the molecule is COCCNCC(=O)Nc1nnc(C(C)(C)C)s1.Cl. The minimum Gasteiger partial charge on any atom is -0.383 e. The molecular formula is C11H21ClN4O2S. The second-order valence-electron chi connectivity index (χ2n) is 4.88. The molecule has 0 bridgehead atoms. The number of nitrogens with zero attached hydrogens (tertiary/aromatic N) is 2. The zero-order chi connectivity index (χ0) is 13.6. The Labute approximate surface area is 123 Å². The topological polar surface area (TPSA) is 76.1 Å². The smallest absolute Gasteiger partial charge is 0.240 e. The maximum absolute atomic E-state index is 11.6. The van der Waals surface area contributed by atoms with Crippen LogP contribution in [0.1, 0.15) is 25.8 Å². The van der Waals surface area contributed by atoms with E-state index in [1.807, 2.05) is 0 Å². The molecule has 0 atom stereocenters. The van der Waals surface area contributed by atoms with E-state index in [1.54, 1.807) is 7.11 Å². The molecule has 0 aromatic carbocycles. The Morgan fingerprint density at radius 3 is 2.58 bits per heavy atom. The molecule has 0 saturated heterocycles. The van der Waals surface area contributed by atoms with Crippen molar-refractivity contribution in [3.63, 3.8) is 0 Å². The van der Waals surface area contributed by atoms with Crippen LogP contribution >= 0.6 is 23.7 Å². The van der Waals surface area contributed by atoms with E-state index in [4.69, 9.17) is 4.74 Å². The van der Waals surface area contributed by atoms with Crippen molar-refractivity contribution in [2.24, 2.45) is 0 Å². The number of nitrogens with one attached hydrogen (secondary N) is 2. The van der Waals surface area contributed by atoms with Gasteiger partial charge in [-0.15, -0.1) is 22.6 Å². The average molecular weight is 309 g/mol. The number of methoxy groups -OCH3 is 1. The molecular weight excluding hydrogens is 288 g/mol. The number of carbonyl (C=O) groups is 1. The van der Waals surface area contributed by atoms with Gasteiger partial charge in [-0.2, -0.15) is 0 Å². The van der Waals surface area contributed by atoms with Gasteiger partial charge in [0.05, 0.1) is 13.2 Å². The van der Waals surface area contributed by atoms with Crippen molar-refractivity contribution in [2.75, 3.05) is 32.1 Å². The highest BCUT2D eigenvalue weighted by Crippen LogP contribution is 2.27. The Morgan fingerprint density at radius 2 is 2.05 bits per heavy atom. The fourth-order valence-corrected chi connectivity index (χ4v) is 1.93. The summed E-state index contributed by atoms with van der Waals surface area (Å²) in [6.45, 7) is 7.66. The molecule has 0 saturated carbocycles. The average Bonchev–Trinajstić information content (AvgIpc) is 2.72.